The summed E-state index contributed by atoms with van der Waals surface area (Å²) in [5.41, 5.74) is 1.80. The van der Waals surface area contributed by atoms with E-state index in [0.717, 1.165) is 30.0 Å². The van der Waals surface area contributed by atoms with Gasteiger partial charge >= 0.3 is 0 Å². The van der Waals surface area contributed by atoms with Crippen molar-refractivity contribution >= 4 is 29.4 Å². The zero-order chi connectivity index (χ0) is 17.5. The summed E-state index contributed by atoms with van der Waals surface area (Å²) < 4.78 is 5.38. The highest BCUT2D eigenvalue weighted by molar-refractivity contribution is 6.32. The van der Waals surface area contributed by atoms with Crippen LogP contribution in [-0.4, -0.2) is 37.2 Å². The minimum Gasteiger partial charge on any atom is -0.378 e. The van der Waals surface area contributed by atoms with E-state index in [2.05, 4.69) is 15.2 Å². The number of hydrogen-bond donors (Lipinski definition) is 1. The van der Waals surface area contributed by atoms with E-state index in [1.54, 1.807) is 18.3 Å². The van der Waals surface area contributed by atoms with E-state index < -0.39 is 0 Å². The van der Waals surface area contributed by atoms with Gasteiger partial charge in [-0.1, -0.05) is 35.9 Å². The maximum atomic E-state index is 12.1. The maximum Gasteiger partial charge on any atom is 0.244 e. The maximum absolute atomic E-state index is 12.1. The van der Waals surface area contributed by atoms with E-state index in [0.29, 0.717) is 24.8 Å². The van der Waals surface area contributed by atoms with Gasteiger partial charge in [0.2, 0.25) is 5.91 Å². The van der Waals surface area contributed by atoms with Gasteiger partial charge in [-0.2, -0.15) is 0 Å². The van der Waals surface area contributed by atoms with Crippen molar-refractivity contribution in [1.29, 1.82) is 0 Å². The third-order valence-corrected chi connectivity index (χ3v) is 4.29. The molecule has 1 aromatic carbocycles. The third kappa shape index (κ3) is 4.81. The molecule has 0 atom stereocenters. The van der Waals surface area contributed by atoms with Gasteiger partial charge in [-0.15, -0.1) is 0 Å². The Bertz CT molecular complexity index is 758. The molecule has 1 fully saturated rings. The smallest absolute Gasteiger partial charge is 0.244 e. The van der Waals surface area contributed by atoms with Gasteiger partial charge in [-0.05, 0) is 23.8 Å². The van der Waals surface area contributed by atoms with Crippen molar-refractivity contribution in [2.24, 2.45) is 0 Å². The quantitative estimate of drug-likeness (QED) is 0.836. The second-order valence-corrected chi connectivity index (χ2v) is 6.07. The summed E-state index contributed by atoms with van der Waals surface area (Å²) in [6.07, 6.45) is 4.98. The standard InChI is InChI=1S/C19H20ClN3O2/c20-17-6-2-1-4-15(17)7-8-18(24)22-14-16-5-3-9-21-19(16)23-10-12-25-13-11-23/h1-9H,10-14H2,(H,22,24). The number of amides is 1. The highest BCUT2D eigenvalue weighted by Crippen LogP contribution is 2.18. The van der Waals surface area contributed by atoms with Crippen molar-refractivity contribution < 1.29 is 9.53 Å². The molecule has 0 aliphatic carbocycles. The van der Waals surface area contributed by atoms with E-state index >= 15 is 0 Å². The molecule has 6 heteroatoms. The van der Waals surface area contributed by atoms with Crippen LogP contribution in [0.2, 0.25) is 5.02 Å². The zero-order valence-electron chi connectivity index (χ0n) is 13.8. The monoisotopic (exact) mass is 357 g/mol. The topological polar surface area (TPSA) is 54.5 Å². The fraction of sp³-hybridized carbons (Fsp3) is 0.263. The van der Waals surface area contributed by atoms with Gasteiger partial charge < -0.3 is 15.0 Å². The summed E-state index contributed by atoms with van der Waals surface area (Å²) in [6, 6.07) is 11.3. The summed E-state index contributed by atoms with van der Waals surface area (Å²) in [6.45, 7) is 3.44. The highest BCUT2D eigenvalue weighted by Gasteiger charge is 2.15. The van der Waals surface area contributed by atoms with Crippen LogP contribution in [0.15, 0.2) is 48.7 Å². The lowest BCUT2D eigenvalue weighted by Crippen LogP contribution is -2.37. The molecule has 130 valence electrons. The van der Waals surface area contributed by atoms with Crippen molar-refractivity contribution in [3.05, 3.63) is 64.8 Å². The largest absolute Gasteiger partial charge is 0.378 e. The van der Waals surface area contributed by atoms with E-state index in [-0.39, 0.29) is 5.91 Å². The van der Waals surface area contributed by atoms with Crippen LogP contribution in [0.5, 0.6) is 0 Å². The predicted octanol–water partition coefficient (Wildman–Crippen LogP) is 2.90. The molecule has 2 heterocycles. The number of carbonyl (C=O) groups excluding carboxylic acids is 1. The first kappa shape index (κ1) is 17.5. The lowest BCUT2D eigenvalue weighted by atomic mass is 10.2. The number of aromatic nitrogens is 1. The van der Waals surface area contributed by atoms with E-state index in [9.17, 15) is 4.79 Å². The Hall–Kier alpha value is -2.37. The van der Waals surface area contributed by atoms with Crippen LogP contribution < -0.4 is 10.2 Å². The first-order chi connectivity index (χ1) is 12.2. The molecule has 1 amide bonds. The SMILES string of the molecule is O=C(C=Cc1ccccc1Cl)NCc1cccnc1N1CCOCC1. The minimum atomic E-state index is -0.170. The minimum absolute atomic E-state index is 0.170. The van der Waals surface area contributed by atoms with Crippen LogP contribution in [0.3, 0.4) is 0 Å². The molecule has 0 bridgehead atoms. The molecule has 1 aromatic heterocycles. The molecule has 1 aliphatic rings. The second-order valence-electron chi connectivity index (χ2n) is 5.66. The summed E-state index contributed by atoms with van der Waals surface area (Å²) in [5.74, 6) is 0.734. The van der Waals surface area contributed by atoms with Crippen molar-refractivity contribution in [3.63, 3.8) is 0 Å². The first-order valence-electron chi connectivity index (χ1n) is 8.21. The van der Waals surface area contributed by atoms with E-state index in [1.165, 1.54) is 6.08 Å². The number of nitrogens with one attached hydrogen (secondary N) is 1. The molecular weight excluding hydrogens is 338 g/mol. The fourth-order valence-electron chi connectivity index (χ4n) is 2.65. The Morgan fingerprint density at radius 2 is 2.04 bits per heavy atom. The van der Waals surface area contributed by atoms with E-state index in [1.807, 2.05) is 30.3 Å². The zero-order valence-corrected chi connectivity index (χ0v) is 14.6. The van der Waals surface area contributed by atoms with Crippen molar-refractivity contribution in [1.82, 2.24) is 10.3 Å². The molecule has 1 saturated heterocycles. The van der Waals surface area contributed by atoms with Gasteiger partial charge in [0.05, 0.1) is 13.2 Å². The first-order valence-corrected chi connectivity index (χ1v) is 8.59. The fourth-order valence-corrected chi connectivity index (χ4v) is 2.84. The van der Waals surface area contributed by atoms with Crippen LogP contribution in [0.1, 0.15) is 11.1 Å². The molecule has 0 radical (unpaired) electrons. The number of pyridine rings is 1. The molecule has 5 nitrogen and oxygen atoms in total. The number of morpholine rings is 1. The van der Waals surface area contributed by atoms with Crippen molar-refractivity contribution in [3.8, 4) is 0 Å². The van der Waals surface area contributed by atoms with Crippen LogP contribution >= 0.6 is 11.6 Å². The number of benzene rings is 1. The van der Waals surface area contributed by atoms with Crippen molar-refractivity contribution in [2.45, 2.75) is 6.54 Å². The van der Waals surface area contributed by atoms with Crippen molar-refractivity contribution in [2.75, 3.05) is 31.2 Å². The van der Waals surface area contributed by atoms with Crippen LogP contribution in [0, 0.1) is 0 Å². The third-order valence-electron chi connectivity index (χ3n) is 3.95. The average Bonchev–Trinajstić information content (AvgIpc) is 2.66. The highest BCUT2D eigenvalue weighted by atomic mass is 35.5. The summed E-state index contributed by atoms with van der Waals surface area (Å²) in [7, 11) is 0. The van der Waals surface area contributed by atoms with Gasteiger partial charge in [0.15, 0.2) is 0 Å². The van der Waals surface area contributed by atoms with Gasteiger partial charge in [-0.25, -0.2) is 4.98 Å². The number of nitrogens with zero attached hydrogens (tertiary/aromatic N) is 2. The van der Waals surface area contributed by atoms with Crippen LogP contribution in [0.25, 0.3) is 6.08 Å². The van der Waals surface area contributed by atoms with Crippen LogP contribution in [-0.2, 0) is 16.1 Å². The molecular formula is C19H20ClN3O2. The molecule has 1 N–H and O–H groups in total. The van der Waals surface area contributed by atoms with Gasteiger partial charge in [0, 0.05) is 42.5 Å². The molecule has 0 saturated carbocycles. The summed E-state index contributed by atoms with van der Waals surface area (Å²) in [5, 5.41) is 3.52. The summed E-state index contributed by atoms with van der Waals surface area (Å²) >= 11 is 6.08. The Morgan fingerprint density at radius 3 is 2.84 bits per heavy atom. The Labute approximate surface area is 152 Å². The number of halogens is 1. The van der Waals surface area contributed by atoms with Gasteiger partial charge in [-0.3, -0.25) is 4.79 Å². The number of hydrogen-bond acceptors (Lipinski definition) is 4. The number of rotatable bonds is 5. The molecule has 25 heavy (non-hydrogen) atoms. The van der Waals surface area contributed by atoms with E-state index in [4.69, 9.17) is 16.3 Å². The predicted molar refractivity (Wildman–Crippen MR) is 99.6 cm³/mol. The number of anilines is 1. The number of ether oxygens (including phenoxy) is 1. The molecule has 1 aliphatic heterocycles. The second kappa shape index (κ2) is 8.65. The number of carbonyl (C=O) groups is 1. The Morgan fingerprint density at radius 1 is 1.24 bits per heavy atom. The molecule has 0 spiro atoms. The lowest BCUT2D eigenvalue weighted by molar-refractivity contribution is -0.116. The molecule has 2 aromatic rings. The Balaban J connectivity index is 1.61. The van der Waals surface area contributed by atoms with Crippen LogP contribution in [0.4, 0.5) is 5.82 Å². The van der Waals surface area contributed by atoms with Gasteiger partial charge in [0.1, 0.15) is 5.82 Å². The normalized spacial score (nSPS) is 14.7. The molecule has 0 unspecified atom stereocenters. The Kier molecular flexibility index (Phi) is 6.04. The van der Waals surface area contributed by atoms with Gasteiger partial charge in [0.25, 0.3) is 0 Å². The summed E-state index contributed by atoms with van der Waals surface area (Å²) in [4.78, 5) is 18.7. The molecule has 3 rings (SSSR count). The lowest BCUT2D eigenvalue weighted by Gasteiger charge is -2.29. The average molecular weight is 358 g/mol.